The fourth-order valence-corrected chi connectivity index (χ4v) is 1.65. The van der Waals surface area contributed by atoms with Crippen molar-refractivity contribution in [1.82, 2.24) is 10.2 Å². The molecule has 72 valence electrons. The van der Waals surface area contributed by atoms with Crippen molar-refractivity contribution >= 4 is 11.8 Å². The minimum absolute atomic E-state index is 0.437. The molecule has 0 atom stereocenters. The summed E-state index contributed by atoms with van der Waals surface area (Å²) in [6, 6.07) is 0. The molecule has 0 unspecified atom stereocenters. The molecule has 0 spiro atoms. The largest absolute Gasteiger partial charge is 0.346 e. The van der Waals surface area contributed by atoms with Gasteiger partial charge in [-0.3, -0.25) is 9.59 Å². The Morgan fingerprint density at radius 3 is 2.69 bits per heavy atom. The predicted octanol–water partition coefficient (Wildman–Crippen LogP) is -0.553. The van der Waals surface area contributed by atoms with Gasteiger partial charge < -0.3 is 10.2 Å². The molecule has 1 saturated heterocycles. The van der Waals surface area contributed by atoms with Crippen molar-refractivity contribution in [2.24, 2.45) is 0 Å². The summed E-state index contributed by atoms with van der Waals surface area (Å²) in [5, 5.41) is 2.43. The van der Waals surface area contributed by atoms with Crippen molar-refractivity contribution in [2.45, 2.75) is 18.4 Å². The quantitative estimate of drug-likeness (QED) is 0.588. The third kappa shape index (κ3) is 1.18. The Kier molecular flexibility index (Phi) is 1.75. The topological polar surface area (TPSA) is 49.4 Å². The van der Waals surface area contributed by atoms with E-state index in [4.69, 9.17) is 0 Å². The first-order chi connectivity index (χ1) is 6.19. The van der Waals surface area contributed by atoms with E-state index < -0.39 is 24.0 Å². The molecule has 0 aromatic carbocycles. The first-order valence-electron chi connectivity index (χ1n) is 4.35. The van der Waals surface area contributed by atoms with Crippen LogP contribution in [-0.2, 0) is 9.59 Å². The maximum Gasteiger partial charge on any atom is 0.312 e. The van der Waals surface area contributed by atoms with E-state index in [1.54, 1.807) is 0 Å². The molecule has 4 nitrogen and oxygen atoms in total. The van der Waals surface area contributed by atoms with Crippen molar-refractivity contribution in [3.8, 4) is 0 Å². The van der Waals surface area contributed by atoms with Gasteiger partial charge >= 0.3 is 11.8 Å². The average molecular weight is 186 g/mol. The SMILES string of the molecule is O=C1NCCN(C2(CF)CC2)C1=O. The van der Waals surface area contributed by atoms with Crippen LogP contribution in [0.1, 0.15) is 12.8 Å². The van der Waals surface area contributed by atoms with Gasteiger partial charge in [0.25, 0.3) is 0 Å². The van der Waals surface area contributed by atoms with Crippen LogP contribution in [0.3, 0.4) is 0 Å². The second kappa shape index (κ2) is 2.68. The standard InChI is InChI=1S/C8H11FN2O2/c9-5-8(1-2-8)11-4-3-10-6(12)7(11)13/h1-5H2,(H,10,12). The third-order valence-electron chi connectivity index (χ3n) is 2.71. The molecule has 1 saturated carbocycles. The van der Waals surface area contributed by atoms with Gasteiger partial charge in [0.15, 0.2) is 0 Å². The molecule has 2 rings (SSSR count). The highest BCUT2D eigenvalue weighted by molar-refractivity contribution is 6.35. The first-order valence-corrected chi connectivity index (χ1v) is 4.35. The Balaban J connectivity index is 2.14. The van der Waals surface area contributed by atoms with Gasteiger partial charge in [0.2, 0.25) is 0 Å². The lowest BCUT2D eigenvalue weighted by molar-refractivity contribution is -0.150. The Hall–Kier alpha value is -1.13. The number of rotatable bonds is 2. The molecule has 1 heterocycles. The van der Waals surface area contributed by atoms with Crippen molar-refractivity contribution < 1.29 is 14.0 Å². The minimum atomic E-state index is -0.630. The average Bonchev–Trinajstić information content (AvgIpc) is 2.90. The van der Waals surface area contributed by atoms with Crippen LogP contribution >= 0.6 is 0 Å². The zero-order chi connectivity index (χ0) is 9.47. The van der Waals surface area contributed by atoms with Gasteiger partial charge in [-0.25, -0.2) is 4.39 Å². The van der Waals surface area contributed by atoms with Gasteiger partial charge in [-0.15, -0.1) is 0 Å². The molecule has 0 bridgehead atoms. The minimum Gasteiger partial charge on any atom is -0.346 e. The maximum atomic E-state index is 12.6. The van der Waals surface area contributed by atoms with Gasteiger partial charge in [0.05, 0.1) is 5.54 Å². The van der Waals surface area contributed by atoms with E-state index in [2.05, 4.69) is 5.32 Å². The van der Waals surface area contributed by atoms with Crippen molar-refractivity contribution in [1.29, 1.82) is 0 Å². The molecule has 5 heteroatoms. The van der Waals surface area contributed by atoms with E-state index >= 15 is 0 Å². The van der Waals surface area contributed by atoms with Crippen LogP contribution < -0.4 is 5.32 Å². The number of piperazine rings is 1. The van der Waals surface area contributed by atoms with Gasteiger partial charge in [-0.2, -0.15) is 0 Å². The highest BCUT2D eigenvalue weighted by Crippen LogP contribution is 2.42. The fourth-order valence-electron chi connectivity index (χ4n) is 1.65. The van der Waals surface area contributed by atoms with Crippen LogP contribution in [-0.4, -0.2) is 42.0 Å². The number of nitrogens with zero attached hydrogens (tertiary/aromatic N) is 1. The molecule has 1 aliphatic carbocycles. The van der Waals surface area contributed by atoms with Crippen LogP contribution in [0, 0.1) is 0 Å². The van der Waals surface area contributed by atoms with Gasteiger partial charge in [0, 0.05) is 13.1 Å². The molecule has 0 aromatic rings. The fraction of sp³-hybridized carbons (Fsp3) is 0.750. The lowest BCUT2D eigenvalue weighted by atomic mass is 10.2. The van der Waals surface area contributed by atoms with E-state index in [9.17, 15) is 14.0 Å². The summed E-state index contributed by atoms with van der Waals surface area (Å²) < 4.78 is 12.6. The second-order valence-electron chi connectivity index (χ2n) is 3.57. The summed E-state index contributed by atoms with van der Waals surface area (Å²) in [5.41, 5.74) is -0.630. The Morgan fingerprint density at radius 1 is 1.46 bits per heavy atom. The number of hydrogen-bond acceptors (Lipinski definition) is 2. The van der Waals surface area contributed by atoms with E-state index in [0.717, 1.165) is 0 Å². The molecule has 0 aromatic heterocycles. The van der Waals surface area contributed by atoms with Crippen LogP contribution in [0.2, 0.25) is 0 Å². The summed E-state index contributed by atoms with van der Waals surface area (Å²) >= 11 is 0. The summed E-state index contributed by atoms with van der Waals surface area (Å²) in [7, 11) is 0. The van der Waals surface area contributed by atoms with Gasteiger partial charge in [0.1, 0.15) is 6.67 Å². The molecular weight excluding hydrogens is 175 g/mol. The summed E-state index contributed by atoms with van der Waals surface area (Å²) in [5.74, 6) is -1.19. The van der Waals surface area contributed by atoms with Crippen LogP contribution in [0.15, 0.2) is 0 Å². The maximum absolute atomic E-state index is 12.6. The molecule has 0 radical (unpaired) electrons. The van der Waals surface area contributed by atoms with E-state index in [1.165, 1.54) is 4.90 Å². The lowest BCUT2D eigenvalue weighted by Crippen LogP contribution is -2.57. The Bertz CT molecular complexity index is 263. The molecule has 2 amide bonds. The highest BCUT2D eigenvalue weighted by atomic mass is 19.1. The molecule has 2 aliphatic rings. The van der Waals surface area contributed by atoms with Gasteiger partial charge in [-0.1, -0.05) is 0 Å². The number of halogens is 1. The monoisotopic (exact) mass is 186 g/mol. The first kappa shape index (κ1) is 8.47. The Morgan fingerprint density at radius 2 is 2.15 bits per heavy atom. The number of carbonyl (C=O) groups is 2. The van der Waals surface area contributed by atoms with Crippen LogP contribution in [0.4, 0.5) is 4.39 Å². The normalized spacial score (nSPS) is 25.8. The molecule has 2 fully saturated rings. The van der Waals surface area contributed by atoms with E-state index in [0.29, 0.717) is 25.9 Å². The van der Waals surface area contributed by atoms with Crippen molar-refractivity contribution in [3.63, 3.8) is 0 Å². The second-order valence-corrected chi connectivity index (χ2v) is 3.57. The van der Waals surface area contributed by atoms with Gasteiger partial charge in [-0.05, 0) is 12.8 Å². The zero-order valence-corrected chi connectivity index (χ0v) is 7.18. The predicted molar refractivity (Wildman–Crippen MR) is 42.7 cm³/mol. The van der Waals surface area contributed by atoms with Crippen LogP contribution in [0.5, 0.6) is 0 Å². The third-order valence-corrected chi connectivity index (χ3v) is 2.71. The summed E-state index contributed by atoms with van der Waals surface area (Å²) in [6.45, 7) is 0.340. The zero-order valence-electron chi connectivity index (χ0n) is 7.18. The number of amides is 2. The number of carbonyl (C=O) groups excluding carboxylic acids is 2. The molecule has 13 heavy (non-hydrogen) atoms. The number of hydrogen-bond donors (Lipinski definition) is 1. The molecule has 1 aliphatic heterocycles. The van der Waals surface area contributed by atoms with Crippen molar-refractivity contribution in [3.05, 3.63) is 0 Å². The summed E-state index contributed by atoms with van der Waals surface area (Å²) in [4.78, 5) is 23.7. The smallest absolute Gasteiger partial charge is 0.312 e. The highest BCUT2D eigenvalue weighted by Gasteiger charge is 2.52. The number of nitrogens with one attached hydrogen (secondary N) is 1. The van der Waals surface area contributed by atoms with Crippen molar-refractivity contribution in [2.75, 3.05) is 19.8 Å². The lowest BCUT2D eigenvalue weighted by Gasteiger charge is -2.32. The Labute approximate surface area is 75.1 Å². The van der Waals surface area contributed by atoms with Crippen LogP contribution in [0.25, 0.3) is 0 Å². The van der Waals surface area contributed by atoms with E-state index in [1.807, 2.05) is 0 Å². The molecule has 1 N–H and O–H groups in total. The summed E-state index contributed by atoms with van der Waals surface area (Å²) in [6.07, 6.45) is 1.37. The molecular formula is C8H11FN2O2. The number of alkyl halides is 1. The van der Waals surface area contributed by atoms with E-state index in [-0.39, 0.29) is 0 Å².